The van der Waals surface area contributed by atoms with E-state index in [-0.39, 0.29) is 5.91 Å². The molecule has 4 nitrogen and oxygen atoms in total. The molecule has 2 aromatic rings. The van der Waals surface area contributed by atoms with E-state index in [1.165, 1.54) is 5.56 Å². The highest BCUT2D eigenvalue weighted by Crippen LogP contribution is 2.23. The van der Waals surface area contributed by atoms with Crippen LogP contribution in [-0.4, -0.2) is 38.2 Å². The fourth-order valence-electron chi connectivity index (χ4n) is 2.67. The van der Waals surface area contributed by atoms with Crippen molar-refractivity contribution in [1.82, 2.24) is 4.90 Å². The van der Waals surface area contributed by atoms with Crippen LogP contribution >= 0.6 is 11.6 Å². The Morgan fingerprint density at radius 1 is 1.12 bits per heavy atom. The van der Waals surface area contributed by atoms with Crippen LogP contribution in [0.15, 0.2) is 48.5 Å². The van der Waals surface area contributed by atoms with Crippen molar-refractivity contribution in [2.24, 2.45) is 0 Å². The molecule has 0 aliphatic rings. The van der Waals surface area contributed by atoms with Gasteiger partial charge in [-0.1, -0.05) is 41.9 Å². The first-order chi connectivity index (χ1) is 12.6. The number of hydrogen-bond acceptors (Lipinski definition) is 3. The summed E-state index contributed by atoms with van der Waals surface area (Å²) in [5, 5.41) is 0.633. The van der Waals surface area contributed by atoms with Crippen LogP contribution < -0.4 is 4.74 Å². The molecule has 0 atom stereocenters. The molecular formula is C21H26ClNO3. The normalized spacial score (nSPS) is 10.6. The summed E-state index contributed by atoms with van der Waals surface area (Å²) >= 11 is 6.04. The molecule has 0 saturated carbocycles. The number of benzene rings is 2. The highest BCUT2D eigenvalue weighted by atomic mass is 35.5. The van der Waals surface area contributed by atoms with E-state index < -0.39 is 0 Å². The summed E-state index contributed by atoms with van der Waals surface area (Å²) in [7, 11) is 3.40. The lowest BCUT2D eigenvalue weighted by atomic mass is 10.1. The first-order valence-corrected chi connectivity index (χ1v) is 9.16. The lowest BCUT2D eigenvalue weighted by Gasteiger charge is -2.19. The summed E-state index contributed by atoms with van der Waals surface area (Å²) in [6, 6.07) is 15.7. The Kier molecular flexibility index (Phi) is 8.45. The molecular weight excluding hydrogens is 350 g/mol. The number of nitrogens with zero attached hydrogens (tertiary/aromatic N) is 1. The number of methoxy groups -OCH3 is 1. The molecule has 0 unspecified atom stereocenters. The number of carbonyl (C=O) groups is 1. The Balaban J connectivity index is 1.67. The molecule has 0 saturated heterocycles. The summed E-state index contributed by atoms with van der Waals surface area (Å²) in [4.78, 5) is 14.0. The third-order valence-electron chi connectivity index (χ3n) is 4.13. The van der Waals surface area contributed by atoms with Gasteiger partial charge in [-0.2, -0.15) is 0 Å². The lowest BCUT2D eigenvalue weighted by Crippen LogP contribution is -2.26. The van der Waals surface area contributed by atoms with E-state index in [9.17, 15) is 4.79 Å². The number of hydrogen-bond donors (Lipinski definition) is 0. The Labute approximate surface area is 160 Å². The largest absolute Gasteiger partial charge is 0.496 e. The third kappa shape index (κ3) is 6.70. The van der Waals surface area contributed by atoms with Crippen LogP contribution in [0.3, 0.4) is 0 Å². The Bertz CT molecular complexity index is 691. The van der Waals surface area contributed by atoms with Gasteiger partial charge >= 0.3 is 0 Å². The van der Waals surface area contributed by atoms with Crippen molar-refractivity contribution in [3.05, 3.63) is 64.7 Å². The second-order valence-corrected chi connectivity index (χ2v) is 6.59. The van der Waals surface area contributed by atoms with Crippen molar-refractivity contribution in [2.45, 2.75) is 25.8 Å². The Morgan fingerprint density at radius 2 is 1.88 bits per heavy atom. The van der Waals surface area contributed by atoms with Crippen molar-refractivity contribution in [3.8, 4) is 5.75 Å². The van der Waals surface area contributed by atoms with Gasteiger partial charge in [0.05, 0.1) is 13.7 Å². The van der Waals surface area contributed by atoms with Crippen molar-refractivity contribution >= 4 is 17.5 Å². The second-order valence-electron chi connectivity index (χ2n) is 6.16. The predicted octanol–water partition coefficient (Wildman–Crippen LogP) is 4.35. The second kappa shape index (κ2) is 10.8. The van der Waals surface area contributed by atoms with Crippen LogP contribution in [-0.2, 0) is 22.5 Å². The van der Waals surface area contributed by atoms with E-state index >= 15 is 0 Å². The average Bonchev–Trinajstić information content (AvgIpc) is 2.65. The highest BCUT2D eigenvalue weighted by Gasteiger charge is 2.12. The van der Waals surface area contributed by atoms with E-state index in [1.54, 1.807) is 25.1 Å². The van der Waals surface area contributed by atoms with E-state index in [1.807, 2.05) is 30.3 Å². The number of ether oxygens (including phenoxy) is 2. The molecule has 5 heteroatoms. The quantitative estimate of drug-likeness (QED) is 0.579. The Morgan fingerprint density at radius 3 is 2.62 bits per heavy atom. The molecule has 0 heterocycles. The summed E-state index contributed by atoms with van der Waals surface area (Å²) in [5.74, 6) is 0.817. The maximum absolute atomic E-state index is 12.3. The zero-order valence-corrected chi connectivity index (χ0v) is 16.2. The fraction of sp³-hybridized carbons (Fsp3) is 0.381. The molecule has 2 rings (SSSR count). The Hall–Kier alpha value is -2.04. The minimum atomic E-state index is 0.0821. The van der Waals surface area contributed by atoms with Crippen LogP contribution in [0.25, 0.3) is 0 Å². The van der Waals surface area contributed by atoms with Gasteiger partial charge < -0.3 is 14.4 Å². The maximum Gasteiger partial charge on any atom is 0.222 e. The first kappa shape index (κ1) is 20.3. The van der Waals surface area contributed by atoms with Gasteiger partial charge in [-0.25, -0.2) is 0 Å². The third-order valence-corrected chi connectivity index (χ3v) is 4.37. The van der Waals surface area contributed by atoms with Gasteiger partial charge in [-0.15, -0.1) is 0 Å². The highest BCUT2D eigenvalue weighted by molar-refractivity contribution is 6.30. The van der Waals surface area contributed by atoms with Gasteiger partial charge in [-0.05, 0) is 36.6 Å². The topological polar surface area (TPSA) is 38.8 Å². The maximum atomic E-state index is 12.3. The van der Waals surface area contributed by atoms with Crippen LogP contribution in [0.4, 0.5) is 0 Å². The van der Waals surface area contributed by atoms with E-state index in [0.717, 1.165) is 17.7 Å². The molecule has 0 aliphatic carbocycles. The summed E-state index contributed by atoms with van der Waals surface area (Å²) in [6.45, 7) is 1.73. The summed E-state index contributed by atoms with van der Waals surface area (Å²) in [6.07, 6.45) is 2.07. The first-order valence-electron chi connectivity index (χ1n) is 8.78. The van der Waals surface area contributed by atoms with E-state index in [4.69, 9.17) is 21.1 Å². The minimum Gasteiger partial charge on any atom is -0.496 e. The van der Waals surface area contributed by atoms with Crippen molar-refractivity contribution in [3.63, 3.8) is 0 Å². The molecule has 0 spiro atoms. The molecule has 0 radical (unpaired) electrons. The van der Waals surface area contributed by atoms with Crippen LogP contribution in [0, 0.1) is 0 Å². The molecule has 0 bridgehead atoms. The summed E-state index contributed by atoms with van der Waals surface area (Å²) in [5.41, 5.74) is 2.16. The minimum absolute atomic E-state index is 0.0821. The van der Waals surface area contributed by atoms with Gasteiger partial charge in [-0.3, -0.25) is 4.79 Å². The predicted molar refractivity (Wildman–Crippen MR) is 105 cm³/mol. The average molecular weight is 376 g/mol. The number of halogens is 1. The smallest absolute Gasteiger partial charge is 0.222 e. The fourth-order valence-corrected chi connectivity index (χ4v) is 2.86. The van der Waals surface area contributed by atoms with Gasteiger partial charge in [0, 0.05) is 37.2 Å². The molecule has 0 aromatic heterocycles. The van der Waals surface area contributed by atoms with Gasteiger partial charge in [0.25, 0.3) is 0 Å². The SMILES string of the molecule is COc1ccc(Cl)cc1CN(C)C(=O)CCCOCCc1ccccc1. The standard InChI is InChI=1S/C21H26ClNO3/c1-23(16-18-15-19(22)10-11-20(18)25-2)21(24)9-6-13-26-14-12-17-7-4-3-5-8-17/h3-5,7-8,10-11,15H,6,9,12-14,16H2,1-2H3. The van der Waals surface area contributed by atoms with Crippen molar-refractivity contribution in [2.75, 3.05) is 27.4 Å². The number of rotatable bonds is 10. The van der Waals surface area contributed by atoms with E-state index in [0.29, 0.717) is 37.6 Å². The molecule has 0 fully saturated rings. The molecule has 140 valence electrons. The molecule has 0 aliphatic heterocycles. The monoisotopic (exact) mass is 375 g/mol. The van der Waals surface area contributed by atoms with Crippen molar-refractivity contribution in [1.29, 1.82) is 0 Å². The summed E-state index contributed by atoms with van der Waals surface area (Å²) < 4.78 is 11.0. The van der Waals surface area contributed by atoms with Crippen molar-refractivity contribution < 1.29 is 14.3 Å². The molecule has 2 aromatic carbocycles. The lowest BCUT2D eigenvalue weighted by molar-refractivity contribution is -0.130. The molecule has 0 N–H and O–H groups in total. The molecule has 1 amide bonds. The van der Waals surface area contributed by atoms with Crippen LogP contribution in [0.5, 0.6) is 5.75 Å². The van der Waals surface area contributed by atoms with Gasteiger partial charge in [0.1, 0.15) is 5.75 Å². The number of amides is 1. The zero-order chi connectivity index (χ0) is 18.8. The zero-order valence-electron chi connectivity index (χ0n) is 15.4. The van der Waals surface area contributed by atoms with Gasteiger partial charge in [0.15, 0.2) is 0 Å². The number of carbonyl (C=O) groups excluding carboxylic acids is 1. The molecule has 26 heavy (non-hydrogen) atoms. The van der Waals surface area contributed by atoms with Crippen LogP contribution in [0.2, 0.25) is 5.02 Å². The van der Waals surface area contributed by atoms with E-state index in [2.05, 4.69) is 12.1 Å². The van der Waals surface area contributed by atoms with Gasteiger partial charge in [0.2, 0.25) is 5.91 Å². The van der Waals surface area contributed by atoms with Crippen LogP contribution in [0.1, 0.15) is 24.0 Å².